The highest BCUT2D eigenvalue weighted by Crippen LogP contribution is 2.53. The molecule has 4 heteroatoms. The Balaban J connectivity index is 1.32. The van der Waals surface area contributed by atoms with E-state index < -0.39 is 0 Å². The summed E-state index contributed by atoms with van der Waals surface area (Å²) in [5, 5.41) is 7.91. The van der Waals surface area contributed by atoms with Crippen molar-refractivity contribution in [2.24, 2.45) is 0 Å². The summed E-state index contributed by atoms with van der Waals surface area (Å²) in [6.07, 6.45) is 7.96. The molecule has 0 N–H and O–H groups in total. The topological polar surface area (TPSA) is 8.17 Å². The monoisotopic (exact) mass is 758 g/mol. The molecule has 1 atom stereocenters. The number of allylic oxidation sites excluding steroid dienone is 2. The number of hydrogen-bond acceptors (Lipinski definition) is 2. The molecule has 274 valence electrons. The smallest absolute Gasteiger partial charge is 0.253 e. The molecule has 0 spiro atoms. The van der Waals surface area contributed by atoms with Crippen molar-refractivity contribution >= 4 is 89.6 Å². The third kappa shape index (κ3) is 4.26. The van der Waals surface area contributed by atoms with Crippen LogP contribution in [0.3, 0.4) is 0 Å². The van der Waals surface area contributed by atoms with Gasteiger partial charge in [-0.25, -0.2) is 0 Å². The van der Waals surface area contributed by atoms with Crippen molar-refractivity contribution in [3.8, 4) is 27.9 Å². The fourth-order valence-corrected chi connectivity index (χ4v) is 12.3. The van der Waals surface area contributed by atoms with Gasteiger partial charge >= 0.3 is 0 Å². The molecule has 1 aliphatic carbocycles. The quantitative estimate of drug-likeness (QED) is 0.131. The number of hydrogen-bond donors (Lipinski definition) is 0. The summed E-state index contributed by atoms with van der Waals surface area (Å²) in [5.74, 6) is 0.414. The maximum Gasteiger partial charge on any atom is 0.253 e. The first-order valence-corrected chi connectivity index (χ1v) is 21.6. The van der Waals surface area contributed by atoms with Crippen molar-refractivity contribution in [3.05, 3.63) is 174 Å². The number of para-hydroxylation sites is 1. The summed E-state index contributed by atoms with van der Waals surface area (Å²) in [6, 6.07) is 53.8. The summed E-state index contributed by atoms with van der Waals surface area (Å²) in [6.45, 7) is 6.97. The standard InChI is InChI=1S/C54H39BN2S/c1-31(2)35-25-26-36-39-30-40-48(33-15-6-4-7-16-33)37-19-10-11-20-38(37)49(34-17-8-5-9-18-34)50(40)52-53(39)57(43(36)29-35)45-28-32(3)27-44-51(45)55(52)41-21-14-24-47-54(41)56(44)42-22-12-13-23-46(42)58-47/h4-21,23-31,42H,22H2,1-3H3. The molecule has 2 nitrogen and oxygen atoms in total. The van der Waals surface area contributed by atoms with Crippen molar-refractivity contribution in [2.75, 3.05) is 4.90 Å². The molecule has 1 aromatic heterocycles. The number of aromatic nitrogens is 1. The highest BCUT2D eigenvalue weighted by atomic mass is 32.2. The zero-order chi connectivity index (χ0) is 38.4. The van der Waals surface area contributed by atoms with E-state index >= 15 is 0 Å². The summed E-state index contributed by atoms with van der Waals surface area (Å²) >= 11 is 1.98. The molecule has 4 heterocycles. The van der Waals surface area contributed by atoms with Gasteiger partial charge in [0.25, 0.3) is 6.71 Å². The van der Waals surface area contributed by atoms with Crippen molar-refractivity contribution in [2.45, 2.75) is 44.0 Å². The Morgan fingerprint density at radius 1 is 0.655 bits per heavy atom. The van der Waals surface area contributed by atoms with Crippen LogP contribution in [0.5, 0.6) is 0 Å². The van der Waals surface area contributed by atoms with Gasteiger partial charge in [-0.05, 0) is 121 Å². The second-order valence-electron chi connectivity index (χ2n) is 17.0. The Hall–Kier alpha value is -6.23. The van der Waals surface area contributed by atoms with E-state index in [1.807, 2.05) is 11.8 Å². The lowest BCUT2D eigenvalue weighted by Crippen LogP contribution is -2.63. The SMILES string of the molecule is Cc1cc2c3c(c1)-n1c4cc(C(C)C)ccc4c4cc5c(-c6ccccc6)c6ccccc6c(-c6ccccc6)c5c(c41)B3c1cccc3c1N2C1CC=CC=C1S3. The second kappa shape index (κ2) is 11.9. The minimum absolute atomic E-state index is 0.0295. The Morgan fingerprint density at radius 3 is 2.16 bits per heavy atom. The van der Waals surface area contributed by atoms with E-state index in [9.17, 15) is 0 Å². The predicted octanol–water partition coefficient (Wildman–Crippen LogP) is 12.5. The summed E-state index contributed by atoms with van der Waals surface area (Å²) in [4.78, 5) is 5.52. The molecule has 58 heavy (non-hydrogen) atoms. The highest BCUT2D eigenvalue weighted by molar-refractivity contribution is 8.03. The van der Waals surface area contributed by atoms with E-state index in [0.717, 1.165) is 6.42 Å². The average Bonchev–Trinajstić information content (AvgIpc) is 3.59. The lowest BCUT2D eigenvalue weighted by molar-refractivity contribution is 0.762. The molecule has 0 saturated heterocycles. The Morgan fingerprint density at radius 2 is 1.38 bits per heavy atom. The fourth-order valence-electron chi connectivity index (χ4n) is 11.1. The summed E-state index contributed by atoms with van der Waals surface area (Å²) in [7, 11) is 0. The van der Waals surface area contributed by atoms with Gasteiger partial charge in [-0.1, -0.05) is 153 Å². The molecule has 4 aliphatic rings. The van der Waals surface area contributed by atoms with Crippen LogP contribution >= 0.6 is 11.8 Å². The van der Waals surface area contributed by atoms with Crippen LogP contribution in [0.4, 0.5) is 11.4 Å². The maximum atomic E-state index is 2.74. The van der Waals surface area contributed by atoms with Crippen LogP contribution in [0.15, 0.2) is 168 Å². The van der Waals surface area contributed by atoms with Gasteiger partial charge in [0.1, 0.15) is 0 Å². The zero-order valence-electron chi connectivity index (χ0n) is 32.8. The van der Waals surface area contributed by atoms with E-state index in [-0.39, 0.29) is 12.8 Å². The minimum atomic E-state index is 0.0295. The van der Waals surface area contributed by atoms with Gasteiger partial charge in [-0.15, -0.1) is 0 Å². The van der Waals surface area contributed by atoms with E-state index in [1.54, 1.807) is 0 Å². The van der Waals surface area contributed by atoms with Crippen LogP contribution in [0.1, 0.15) is 37.3 Å². The molecule has 1 unspecified atom stereocenters. The lowest BCUT2D eigenvalue weighted by Gasteiger charge is -2.48. The predicted molar refractivity (Wildman–Crippen MR) is 250 cm³/mol. The van der Waals surface area contributed by atoms with Crippen molar-refractivity contribution in [1.29, 1.82) is 0 Å². The van der Waals surface area contributed by atoms with Crippen molar-refractivity contribution < 1.29 is 0 Å². The first-order valence-electron chi connectivity index (χ1n) is 20.8. The molecule has 9 aromatic rings. The van der Waals surface area contributed by atoms with Crippen LogP contribution in [-0.4, -0.2) is 17.3 Å². The number of rotatable bonds is 3. The van der Waals surface area contributed by atoms with Crippen molar-refractivity contribution in [1.82, 2.24) is 4.57 Å². The van der Waals surface area contributed by atoms with Gasteiger partial charge in [0.15, 0.2) is 0 Å². The molecule has 0 bridgehead atoms. The third-order valence-electron chi connectivity index (χ3n) is 13.5. The normalized spacial score (nSPS) is 16.0. The molecule has 13 rings (SSSR count). The molecular formula is C54H39BN2S. The zero-order valence-corrected chi connectivity index (χ0v) is 33.6. The van der Waals surface area contributed by atoms with E-state index in [1.165, 1.54) is 120 Å². The fraction of sp³-hybridized carbons (Fsp3) is 0.111. The Kier molecular flexibility index (Phi) is 6.74. The molecule has 3 aliphatic heterocycles. The van der Waals surface area contributed by atoms with Crippen LogP contribution in [0.25, 0.3) is 71.3 Å². The number of anilines is 2. The summed E-state index contributed by atoms with van der Waals surface area (Å²) < 4.78 is 2.69. The first kappa shape index (κ1) is 32.8. The maximum absolute atomic E-state index is 2.74. The number of nitrogens with zero attached hydrogens (tertiary/aromatic N) is 2. The van der Waals surface area contributed by atoms with Crippen molar-refractivity contribution in [3.63, 3.8) is 0 Å². The second-order valence-corrected chi connectivity index (χ2v) is 18.1. The van der Waals surface area contributed by atoms with Gasteiger partial charge in [0, 0.05) is 31.9 Å². The first-order chi connectivity index (χ1) is 28.5. The van der Waals surface area contributed by atoms with E-state index in [4.69, 9.17) is 0 Å². The van der Waals surface area contributed by atoms with E-state index in [0.29, 0.717) is 5.92 Å². The average molecular weight is 759 g/mol. The highest BCUT2D eigenvalue weighted by Gasteiger charge is 2.47. The van der Waals surface area contributed by atoms with Gasteiger partial charge in [0.2, 0.25) is 0 Å². The Bertz CT molecular complexity index is 3340. The van der Waals surface area contributed by atoms with Gasteiger partial charge in [0.05, 0.1) is 22.8 Å². The minimum Gasteiger partial charge on any atom is -0.333 e. The summed E-state index contributed by atoms with van der Waals surface area (Å²) in [5.41, 5.74) is 18.8. The molecule has 8 aromatic carbocycles. The van der Waals surface area contributed by atoms with Crippen LogP contribution in [0.2, 0.25) is 0 Å². The molecular weight excluding hydrogens is 719 g/mol. The van der Waals surface area contributed by atoms with Gasteiger partial charge < -0.3 is 9.47 Å². The number of benzene rings is 8. The van der Waals surface area contributed by atoms with E-state index in [2.05, 4.69) is 188 Å². The largest absolute Gasteiger partial charge is 0.333 e. The van der Waals surface area contributed by atoms with Crippen LogP contribution in [-0.2, 0) is 0 Å². The Labute approximate surface area is 343 Å². The van der Waals surface area contributed by atoms with Gasteiger partial charge in [-0.3, -0.25) is 0 Å². The number of thioether (sulfide) groups is 1. The molecule has 0 amide bonds. The molecule has 0 saturated carbocycles. The number of fused-ring (bicyclic) bond motifs is 12. The third-order valence-corrected chi connectivity index (χ3v) is 14.6. The van der Waals surface area contributed by atoms with Crippen LogP contribution in [0, 0.1) is 6.92 Å². The lowest BCUT2D eigenvalue weighted by atomic mass is 9.33. The number of aryl methyl sites for hydroxylation is 1. The van der Waals surface area contributed by atoms with Gasteiger partial charge in [-0.2, -0.15) is 0 Å². The molecule has 0 radical (unpaired) electrons. The molecule has 0 fully saturated rings. The van der Waals surface area contributed by atoms with Crippen LogP contribution < -0.4 is 21.3 Å².